The van der Waals surface area contributed by atoms with Gasteiger partial charge in [0, 0.05) is 36.7 Å². The predicted octanol–water partition coefficient (Wildman–Crippen LogP) is 5.63. The molecule has 8 nitrogen and oxygen atoms in total. The van der Waals surface area contributed by atoms with Gasteiger partial charge in [-0.05, 0) is 42.2 Å². The van der Waals surface area contributed by atoms with E-state index in [9.17, 15) is 5.21 Å². The lowest BCUT2D eigenvalue weighted by Crippen LogP contribution is -2.45. The van der Waals surface area contributed by atoms with E-state index >= 15 is 0 Å². The molecule has 1 N–H and O–H groups in total. The van der Waals surface area contributed by atoms with Gasteiger partial charge < -0.3 is 14.8 Å². The number of aromatic nitrogens is 5. The standard InChI is InChI=1S/C27H35N7O/c1-3-8-25-20(2)34(35,18-22-9-5-4-6-10-22)19-33(25)17-21-12-14-23(15-13-21)26-24(11-7-16-28-26)27-29-31-32-30-27/h7,11-16,22H,3-6,8-10,17-19H2,1-2H3,(H,29,30,31,32). The minimum atomic E-state index is -0.167. The summed E-state index contributed by atoms with van der Waals surface area (Å²) in [6.45, 7) is 6.28. The fourth-order valence-corrected chi connectivity index (χ4v) is 5.71. The van der Waals surface area contributed by atoms with Gasteiger partial charge in [-0.1, -0.05) is 56.9 Å². The highest BCUT2D eigenvalue weighted by Gasteiger charge is 2.37. The molecule has 1 unspecified atom stereocenters. The van der Waals surface area contributed by atoms with Crippen LogP contribution < -0.4 is 0 Å². The van der Waals surface area contributed by atoms with Gasteiger partial charge in [0.2, 0.25) is 5.82 Å². The van der Waals surface area contributed by atoms with Crippen molar-refractivity contribution in [3.05, 3.63) is 64.8 Å². The Morgan fingerprint density at radius 2 is 1.91 bits per heavy atom. The number of quaternary nitrogens is 1. The lowest BCUT2D eigenvalue weighted by molar-refractivity contribution is -0.848. The van der Waals surface area contributed by atoms with E-state index in [4.69, 9.17) is 0 Å². The van der Waals surface area contributed by atoms with Crippen LogP contribution >= 0.6 is 0 Å². The molecule has 1 fully saturated rings. The van der Waals surface area contributed by atoms with Crippen molar-refractivity contribution in [2.75, 3.05) is 13.2 Å². The molecule has 1 aromatic carbocycles. The summed E-state index contributed by atoms with van der Waals surface area (Å²) in [4.78, 5) is 6.90. The average molecular weight is 474 g/mol. The Balaban J connectivity index is 1.34. The van der Waals surface area contributed by atoms with Crippen molar-refractivity contribution >= 4 is 0 Å². The lowest BCUT2D eigenvalue weighted by Gasteiger charge is -2.42. The van der Waals surface area contributed by atoms with Crippen LogP contribution in [0.2, 0.25) is 0 Å². The Kier molecular flexibility index (Phi) is 6.92. The molecule has 0 bridgehead atoms. The monoisotopic (exact) mass is 473 g/mol. The van der Waals surface area contributed by atoms with E-state index in [-0.39, 0.29) is 4.65 Å². The Morgan fingerprint density at radius 1 is 1.11 bits per heavy atom. The molecule has 3 heterocycles. The maximum Gasteiger partial charge on any atom is 0.206 e. The highest BCUT2D eigenvalue weighted by molar-refractivity contribution is 5.76. The molecule has 8 heteroatoms. The van der Waals surface area contributed by atoms with E-state index in [0.717, 1.165) is 48.4 Å². The molecule has 2 aromatic heterocycles. The second kappa shape index (κ2) is 10.3. The lowest BCUT2D eigenvalue weighted by atomic mass is 9.89. The fourth-order valence-electron chi connectivity index (χ4n) is 5.71. The molecule has 3 aromatic rings. The van der Waals surface area contributed by atoms with E-state index in [1.807, 2.05) is 12.1 Å². The summed E-state index contributed by atoms with van der Waals surface area (Å²) in [7, 11) is 0. The molecule has 2 aliphatic rings. The zero-order valence-electron chi connectivity index (χ0n) is 20.8. The normalized spacial score (nSPS) is 21.2. The zero-order valence-corrected chi connectivity index (χ0v) is 20.8. The molecule has 0 saturated heterocycles. The maximum atomic E-state index is 14.0. The predicted molar refractivity (Wildman–Crippen MR) is 136 cm³/mol. The first-order chi connectivity index (χ1) is 17.1. The Labute approximate surface area is 207 Å². The van der Waals surface area contributed by atoms with Crippen molar-refractivity contribution in [3.63, 3.8) is 0 Å². The number of hydrogen-bond donors (Lipinski definition) is 1. The van der Waals surface area contributed by atoms with Crippen molar-refractivity contribution in [2.24, 2.45) is 5.92 Å². The van der Waals surface area contributed by atoms with E-state index < -0.39 is 0 Å². The van der Waals surface area contributed by atoms with Crippen LogP contribution in [-0.4, -0.2) is 48.4 Å². The van der Waals surface area contributed by atoms with Gasteiger partial charge in [0.05, 0.1) is 17.9 Å². The van der Waals surface area contributed by atoms with Crippen LogP contribution in [0, 0.1) is 11.1 Å². The number of rotatable bonds is 8. The minimum Gasteiger partial charge on any atom is -0.626 e. The maximum absolute atomic E-state index is 14.0. The molecule has 35 heavy (non-hydrogen) atoms. The summed E-state index contributed by atoms with van der Waals surface area (Å²) >= 11 is 0. The number of H-pyrrole nitrogens is 1. The molecule has 1 aliphatic carbocycles. The summed E-state index contributed by atoms with van der Waals surface area (Å²) in [6.07, 6.45) is 10.1. The highest BCUT2D eigenvalue weighted by atomic mass is 16.6. The summed E-state index contributed by atoms with van der Waals surface area (Å²) in [5.74, 6) is 1.09. The zero-order chi connectivity index (χ0) is 24.3. The van der Waals surface area contributed by atoms with E-state index in [0.29, 0.717) is 18.4 Å². The van der Waals surface area contributed by atoms with Crippen LogP contribution in [0.5, 0.6) is 0 Å². The van der Waals surface area contributed by atoms with Gasteiger partial charge in [-0.25, -0.2) is 0 Å². The van der Waals surface area contributed by atoms with Gasteiger partial charge in [0.15, 0.2) is 6.67 Å². The molecule has 184 valence electrons. The van der Waals surface area contributed by atoms with Crippen molar-refractivity contribution in [2.45, 2.75) is 65.3 Å². The molecule has 0 spiro atoms. The SMILES string of the molecule is CCCC1=C(C)[N+]([O-])(CC2CCCCC2)CN1Cc1ccc(-c2ncccc2-c2nn[nH]n2)cc1. The van der Waals surface area contributed by atoms with Crippen molar-refractivity contribution in [3.8, 4) is 22.6 Å². The topological polar surface area (TPSA) is 93.6 Å². The van der Waals surface area contributed by atoms with E-state index in [1.165, 1.54) is 43.4 Å². The number of tetrazole rings is 1. The van der Waals surface area contributed by atoms with Crippen LogP contribution in [0.4, 0.5) is 0 Å². The molecule has 5 rings (SSSR count). The third kappa shape index (κ3) is 4.99. The first kappa shape index (κ1) is 23.6. The average Bonchev–Trinajstić information content (AvgIpc) is 3.49. The summed E-state index contributed by atoms with van der Waals surface area (Å²) in [5.41, 5.74) is 6.12. The Morgan fingerprint density at radius 3 is 2.63 bits per heavy atom. The first-order valence-electron chi connectivity index (χ1n) is 12.9. The molecular formula is C27H35N7O. The van der Waals surface area contributed by atoms with Crippen LogP contribution in [0.3, 0.4) is 0 Å². The molecule has 1 aliphatic heterocycles. The highest BCUT2D eigenvalue weighted by Crippen LogP contribution is 2.37. The van der Waals surface area contributed by atoms with Gasteiger partial charge in [-0.3, -0.25) is 4.98 Å². The third-order valence-electron chi connectivity index (χ3n) is 7.57. The van der Waals surface area contributed by atoms with Gasteiger partial charge in [0.1, 0.15) is 5.70 Å². The fraction of sp³-hybridized carbons (Fsp3) is 0.481. The number of pyridine rings is 1. The number of nitrogens with zero attached hydrogens (tertiary/aromatic N) is 6. The minimum absolute atomic E-state index is 0.167. The first-order valence-corrected chi connectivity index (χ1v) is 12.9. The second-order valence-electron chi connectivity index (χ2n) is 10.0. The molecular weight excluding hydrogens is 438 g/mol. The molecule has 1 atom stereocenters. The molecule has 0 amide bonds. The molecule has 0 radical (unpaired) electrons. The largest absolute Gasteiger partial charge is 0.626 e. The van der Waals surface area contributed by atoms with Crippen molar-refractivity contribution in [1.29, 1.82) is 0 Å². The number of hydroxylamine groups is 3. The number of allylic oxidation sites excluding steroid dienone is 2. The van der Waals surface area contributed by atoms with Crippen LogP contribution in [-0.2, 0) is 6.54 Å². The van der Waals surface area contributed by atoms with E-state index in [2.05, 4.69) is 68.6 Å². The second-order valence-corrected chi connectivity index (χ2v) is 10.0. The van der Waals surface area contributed by atoms with Crippen LogP contribution in [0.15, 0.2) is 54.0 Å². The van der Waals surface area contributed by atoms with Gasteiger partial charge in [0.25, 0.3) is 0 Å². The Hall–Kier alpha value is -3.10. The number of hydrogen-bond acceptors (Lipinski definition) is 6. The Bertz CT molecular complexity index is 1150. The number of nitrogens with one attached hydrogen (secondary N) is 1. The van der Waals surface area contributed by atoms with Crippen molar-refractivity contribution in [1.82, 2.24) is 30.5 Å². The van der Waals surface area contributed by atoms with Gasteiger partial charge in [-0.15, -0.1) is 10.2 Å². The van der Waals surface area contributed by atoms with Crippen LogP contribution in [0.25, 0.3) is 22.6 Å². The summed E-state index contributed by atoms with van der Waals surface area (Å²) < 4.78 is -0.167. The molecule has 1 saturated carbocycles. The number of benzene rings is 1. The van der Waals surface area contributed by atoms with Crippen molar-refractivity contribution < 1.29 is 4.65 Å². The smallest absolute Gasteiger partial charge is 0.206 e. The van der Waals surface area contributed by atoms with Gasteiger partial charge >= 0.3 is 0 Å². The summed E-state index contributed by atoms with van der Waals surface area (Å²) in [5, 5.41) is 28.4. The third-order valence-corrected chi connectivity index (χ3v) is 7.57. The number of aromatic amines is 1. The van der Waals surface area contributed by atoms with E-state index in [1.54, 1.807) is 6.20 Å². The van der Waals surface area contributed by atoms with Crippen LogP contribution in [0.1, 0.15) is 64.4 Å². The summed E-state index contributed by atoms with van der Waals surface area (Å²) in [6, 6.07) is 12.3. The quantitative estimate of drug-likeness (QED) is 0.337. The van der Waals surface area contributed by atoms with Gasteiger partial charge in [-0.2, -0.15) is 5.21 Å².